The number of hydrogen-bond acceptors (Lipinski definition) is 9. The minimum atomic E-state index is -3.50. The van der Waals surface area contributed by atoms with Crippen LogP contribution in [0.25, 0.3) is 0 Å². The lowest BCUT2D eigenvalue weighted by Crippen LogP contribution is -2.44. The zero-order valence-electron chi connectivity index (χ0n) is 22.9. The van der Waals surface area contributed by atoms with Gasteiger partial charge in [-0.25, -0.2) is 13.4 Å². The molecule has 1 aliphatic rings. The quantitative estimate of drug-likeness (QED) is 0.379. The van der Waals surface area contributed by atoms with Gasteiger partial charge in [0.15, 0.2) is 0 Å². The predicted molar refractivity (Wildman–Crippen MR) is 155 cm³/mol. The summed E-state index contributed by atoms with van der Waals surface area (Å²) in [5.41, 5.74) is 4.03. The molecule has 10 nitrogen and oxygen atoms in total. The van der Waals surface area contributed by atoms with Gasteiger partial charge < -0.3 is 25.2 Å². The first-order valence-electron chi connectivity index (χ1n) is 12.6. The first kappa shape index (κ1) is 27.5. The summed E-state index contributed by atoms with van der Waals surface area (Å²) in [5.74, 6) is 1.78. The summed E-state index contributed by atoms with van der Waals surface area (Å²) in [6.07, 6.45) is 1.74. The Morgan fingerprint density at radius 2 is 1.61 bits per heavy atom. The maximum atomic E-state index is 12.4. The molecule has 1 aliphatic heterocycles. The van der Waals surface area contributed by atoms with E-state index in [2.05, 4.69) is 48.2 Å². The van der Waals surface area contributed by atoms with E-state index in [1.54, 1.807) is 58.3 Å². The van der Waals surface area contributed by atoms with Gasteiger partial charge in [0, 0.05) is 61.1 Å². The first-order chi connectivity index (χ1) is 17.9. The van der Waals surface area contributed by atoms with Crippen molar-refractivity contribution in [2.24, 2.45) is 0 Å². The van der Waals surface area contributed by atoms with Gasteiger partial charge in [-0.15, -0.1) is 0 Å². The third kappa shape index (κ3) is 6.46. The van der Waals surface area contributed by atoms with Gasteiger partial charge in [-0.1, -0.05) is 0 Å². The molecule has 0 saturated carbocycles. The lowest BCUT2D eigenvalue weighted by atomic mass is 10.2. The normalized spacial score (nSPS) is 14.7. The highest BCUT2D eigenvalue weighted by molar-refractivity contribution is 7.94. The largest absolute Gasteiger partial charge is 0.494 e. The molecule has 0 radical (unpaired) electrons. The lowest BCUT2D eigenvalue weighted by Gasteiger charge is -2.34. The molecule has 3 aromatic rings. The van der Waals surface area contributed by atoms with Crippen LogP contribution >= 0.6 is 0 Å². The van der Waals surface area contributed by atoms with Gasteiger partial charge in [0.05, 0.1) is 17.5 Å². The number of benzene rings is 2. The third-order valence-electron chi connectivity index (χ3n) is 6.48. The summed E-state index contributed by atoms with van der Waals surface area (Å²) < 4.78 is 32.2. The fraction of sp³-hybridized carbons (Fsp3) is 0.407. The van der Waals surface area contributed by atoms with Crippen molar-refractivity contribution in [3.8, 4) is 5.75 Å². The third-order valence-corrected chi connectivity index (χ3v) is 8.59. The fourth-order valence-corrected chi connectivity index (χ4v) is 4.61. The minimum absolute atomic E-state index is 0.429. The first-order valence-corrected chi connectivity index (χ1v) is 14.0. The Morgan fingerprint density at radius 3 is 2.24 bits per heavy atom. The Kier molecular flexibility index (Phi) is 7.98. The van der Waals surface area contributed by atoms with E-state index in [1.165, 1.54) is 0 Å². The Hall–Kier alpha value is -3.57. The fourth-order valence-electron chi connectivity index (χ4n) is 3.86. The molecule has 0 aliphatic carbocycles. The average molecular weight is 540 g/mol. The molecule has 11 heteroatoms. The monoisotopic (exact) mass is 539 g/mol. The molecule has 38 heavy (non-hydrogen) atoms. The van der Waals surface area contributed by atoms with Crippen molar-refractivity contribution in [3.63, 3.8) is 0 Å². The molecule has 3 N–H and O–H groups in total. The second-order valence-corrected chi connectivity index (χ2v) is 12.9. The van der Waals surface area contributed by atoms with Crippen LogP contribution in [0, 0.1) is 6.92 Å². The number of nitrogens with one attached hydrogen (secondary N) is 3. The number of likely N-dealkylation sites (N-methyl/N-ethyl adjacent to an activating group) is 1. The van der Waals surface area contributed by atoms with Gasteiger partial charge in [0.2, 0.25) is 16.0 Å². The van der Waals surface area contributed by atoms with Crippen molar-refractivity contribution in [2.45, 2.75) is 32.4 Å². The number of aromatic nitrogens is 2. The minimum Gasteiger partial charge on any atom is -0.494 e. The SMILES string of the molecule is COc1cc(N2CCN(C)CC2)ccc1Nc1ncc(C)c(Nc2ccc(NS(=O)(=O)C(C)(C)C)cc2)n1. The predicted octanol–water partition coefficient (Wildman–Crippen LogP) is 4.57. The van der Waals surface area contributed by atoms with Crippen LogP contribution in [-0.4, -0.2) is 68.4 Å². The maximum Gasteiger partial charge on any atom is 0.237 e. The number of methoxy groups -OCH3 is 1. The van der Waals surface area contributed by atoms with Crippen molar-refractivity contribution in [2.75, 3.05) is 60.6 Å². The van der Waals surface area contributed by atoms with Crippen molar-refractivity contribution in [1.29, 1.82) is 0 Å². The van der Waals surface area contributed by atoms with E-state index >= 15 is 0 Å². The highest BCUT2D eigenvalue weighted by Crippen LogP contribution is 2.32. The zero-order valence-corrected chi connectivity index (χ0v) is 23.7. The van der Waals surface area contributed by atoms with E-state index in [0.717, 1.165) is 48.8 Å². The van der Waals surface area contributed by atoms with Crippen molar-refractivity contribution in [3.05, 3.63) is 54.2 Å². The van der Waals surface area contributed by atoms with Crippen LogP contribution in [-0.2, 0) is 10.0 Å². The molecule has 1 fully saturated rings. The van der Waals surface area contributed by atoms with Gasteiger partial charge >= 0.3 is 0 Å². The number of rotatable bonds is 8. The lowest BCUT2D eigenvalue weighted by molar-refractivity contribution is 0.312. The molecular formula is C27H37N7O3S. The van der Waals surface area contributed by atoms with Gasteiger partial charge in [-0.3, -0.25) is 4.72 Å². The summed E-state index contributed by atoms with van der Waals surface area (Å²) in [5, 5.41) is 6.57. The van der Waals surface area contributed by atoms with Crippen LogP contribution in [0.15, 0.2) is 48.7 Å². The summed E-state index contributed by atoms with van der Waals surface area (Å²) >= 11 is 0. The Morgan fingerprint density at radius 1 is 0.947 bits per heavy atom. The Bertz CT molecular complexity index is 1360. The molecule has 2 aromatic carbocycles. The molecule has 2 heterocycles. The molecule has 1 saturated heterocycles. The Balaban J connectivity index is 1.47. The van der Waals surface area contributed by atoms with Crippen molar-refractivity contribution >= 4 is 44.5 Å². The summed E-state index contributed by atoms with van der Waals surface area (Å²) in [6, 6.07) is 13.1. The van der Waals surface area contributed by atoms with E-state index in [0.29, 0.717) is 23.2 Å². The zero-order chi connectivity index (χ0) is 27.5. The van der Waals surface area contributed by atoms with E-state index in [-0.39, 0.29) is 0 Å². The standard InChI is InChI=1S/C27H37N7O3S/c1-19-18-28-26(30-23-12-11-22(17-24(23)37-6)34-15-13-33(5)14-16-34)31-25(19)29-20-7-9-21(10-8-20)32-38(35,36)27(2,3)4/h7-12,17-18,32H,13-16H2,1-6H3,(H2,28,29,30,31). The van der Waals surface area contributed by atoms with Crippen LogP contribution in [0.1, 0.15) is 26.3 Å². The molecular weight excluding hydrogens is 502 g/mol. The summed E-state index contributed by atoms with van der Waals surface area (Å²) in [4.78, 5) is 13.8. The average Bonchev–Trinajstić information content (AvgIpc) is 2.87. The number of aryl methyl sites for hydroxylation is 1. The molecule has 0 bridgehead atoms. The smallest absolute Gasteiger partial charge is 0.237 e. The Labute approximate surface area is 225 Å². The summed E-state index contributed by atoms with van der Waals surface area (Å²) in [6.45, 7) is 10.9. The van der Waals surface area contributed by atoms with Crippen LogP contribution < -0.4 is 25.0 Å². The van der Waals surface area contributed by atoms with Crippen molar-refractivity contribution < 1.29 is 13.2 Å². The molecule has 0 unspecified atom stereocenters. The number of ether oxygens (including phenoxy) is 1. The van der Waals surface area contributed by atoms with Gasteiger partial charge in [0.25, 0.3) is 0 Å². The van der Waals surface area contributed by atoms with Crippen LogP contribution in [0.5, 0.6) is 5.75 Å². The van der Waals surface area contributed by atoms with E-state index in [1.807, 2.05) is 19.1 Å². The highest BCUT2D eigenvalue weighted by atomic mass is 32.2. The highest BCUT2D eigenvalue weighted by Gasteiger charge is 2.28. The molecule has 1 aromatic heterocycles. The molecule has 4 rings (SSSR count). The number of nitrogens with zero attached hydrogens (tertiary/aromatic N) is 4. The number of piperazine rings is 1. The maximum absolute atomic E-state index is 12.4. The number of hydrogen-bond donors (Lipinski definition) is 3. The van der Waals surface area contributed by atoms with E-state index < -0.39 is 14.8 Å². The van der Waals surface area contributed by atoms with E-state index in [9.17, 15) is 8.42 Å². The van der Waals surface area contributed by atoms with Gasteiger partial charge in [-0.2, -0.15) is 4.98 Å². The molecule has 0 amide bonds. The second-order valence-electron chi connectivity index (χ2n) is 10.4. The number of anilines is 6. The van der Waals surface area contributed by atoms with Gasteiger partial charge in [0.1, 0.15) is 11.6 Å². The van der Waals surface area contributed by atoms with Crippen LogP contribution in [0.4, 0.5) is 34.5 Å². The topological polar surface area (TPSA) is 112 Å². The molecule has 0 spiro atoms. The van der Waals surface area contributed by atoms with E-state index in [4.69, 9.17) is 4.74 Å². The summed E-state index contributed by atoms with van der Waals surface area (Å²) in [7, 11) is 0.301. The molecule has 204 valence electrons. The molecule has 0 atom stereocenters. The van der Waals surface area contributed by atoms with Crippen LogP contribution in [0.3, 0.4) is 0 Å². The van der Waals surface area contributed by atoms with Crippen LogP contribution in [0.2, 0.25) is 0 Å². The second kappa shape index (κ2) is 11.0. The van der Waals surface area contributed by atoms with Gasteiger partial charge in [-0.05, 0) is 71.1 Å². The number of sulfonamides is 1. The van der Waals surface area contributed by atoms with Crippen molar-refractivity contribution in [1.82, 2.24) is 14.9 Å².